The van der Waals surface area contributed by atoms with Crippen LogP contribution in [0.15, 0.2) is 70.7 Å². The van der Waals surface area contributed by atoms with Gasteiger partial charge in [0, 0.05) is 18.5 Å². The van der Waals surface area contributed by atoms with Crippen LogP contribution in [0.2, 0.25) is 0 Å². The predicted octanol–water partition coefficient (Wildman–Crippen LogP) is 5.25. The Morgan fingerprint density at radius 3 is 2.56 bits per heavy atom. The van der Waals surface area contributed by atoms with Gasteiger partial charge in [-0.05, 0) is 74.3 Å². The van der Waals surface area contributed by atoms with E-state index in [9.17, 15) is 14.4 Å². The van der Waals surface area contributed by atoms with Crippen LogP contribution in [-0.4, -0.2) is 57.8 Å². The van der Waals surface area contributed by atoms with Gasteiger partial charge >= 0.3 is 0 Å². The van der Waals surface area contributed by atoms with Gasteiger partial charge in [0.1, 0.15) is 11.1 Å². The summed E-state index contributed by atoms with van der Waals surface area (Å²) in [5.74, 6) is 0.849. The van der Waals surface area contributed by atoms with Gasteiger partial charge in [0.2, 0.25) is 11.8 Å². The maximum Gasteiger partial charge on any atom is 0.261 e. The van der Waals surface area contributed by atoms with Gasteiger partial charge in [-0.2, -0.15) is 0 Å². The van der Waals surface area contributed by atoms with Crippen molar-refractivity contribution in [1.82, 2.24) is 9.80 Å². The summed E-state index contributed by atoms with van der Waals surface area (Å²) in [7, 11) is 1.87. The number of amides is 3. The normalized spacial score (nSPS) is 34.0. The predicted molar refractivity (Wildman–Crippen MR) is 163 cm³/mol. The largest absolute Gasteiger partial charge is 0.480 e. The van der Waals surface area contributed by atoms with Gasteiger partial charge in [-0.3, -0.25) is 14.4 Å². The number of nitrogens with one attached hydrogen (secondary N) is 1. The van der Waals surface area contributed by atoms with Crippen molar-refractivity contribution >= 4 is 35.2 Å². The number of likely N-dealkylation sites (N-methyl/N-ethyl adjacent to an activating group) is 1. The van der Waals surface area contributed by atoms with Crippen molar-refractivity contribution in [2.75, 3.05) is 18.9 Å². The van der Waals surface area contributed by atoms with Gasteiger partial charge < -0.3 is 24.6 Å². The maximum atomic E-state index is 14.4. The fraction of sp³-hybridized carbons (Fsp3) is 0.441. The first kappa shape index (κ1) is 26.9. The average Bonchev–Trinajstić information content (AvgIpc) is 3.29. The van der Waals surface area contributed by atoms with E-state index in [1.54, 1.807) is 6.26 Å². The molecule has 1 N–H and O–H groups in total. The van der Waals surface area contributed by atoms with E-state index in [4.69, 9.17) is 9.47 Å². The average molecular weight is 598 g/mol. The molecule has 3 spiro atoms. The van der Waals surface area contributed by atoms with Crippen LogP contribution in [-0.2, 0) is 19.8 Å². The van der Waals surface area contributed by atoms with Crippen LogP contribution in [0.3, 0.4) is 0 Å². The molecule has 6 heterocycles. The molecule has 0 aromatic heterocycles. The Kier molecular flexibility index (Phi) is 5.16. The maximum absolute atomic E-state index is 14.4. The van der Waals surface area contributed by atoms with Crippen molar-refractivity contribution < 1.29 is 23.9 Å². The first-order chi connectivity index (χ1) is 20.4. The van der Waals surface area contributed by atoms with Crippen LogP contribution in [0.1, 0.15) is 52.5 Å². The SMILES string of the molecule is CN1C(=O)[C@@]23CC=C(Sc4ccccc4)C(=O)N2C[C@@]12C[C@@]1(C(=O)Nc4c1ccc1c4OC=CC(C)(C)O1)C(C)(C)[C@@H]2C3. The number of carbonyl (C=O) groups is 3. The summed E-state index contributed by atoms with van der Waals surface area (Å²) in [5, 5.41) is 3.19. The number of nitrogens with zero attached hydrogens (tertiary/aromatic N) is 2. The molecule has 2 aromatic rings. The Hall–Kier alpha value is -3.72. The van der Waals surface area contributed by atoms with Gasteiger partial charge in [0.15, 0.2) is 11.5 Å². The second kappa shape index (κ2) is 8.25. The molecule has 2 bridgehead atoms. The third kappa shape index (κ3) is 3.16. The number of benzene rings is 2. The highest BCUT2D eigenvalue weighted by Crippen LogP contribution is 2.72. The summed E-state index contributed by atoms with van der Waals surface area (Å²) < 4.78 is 12.3. The lowest BCUT2D eigenvalue weighted by molar-refractivity contribution is -0.194. The summed E-state index contributed by atoms with van der Waals surface area (Å²) in [5.41, 5.74) is -2.16. The molecule has 4 fully saturated rings. The van der Waals surface area contributed by atoms with Crippen LogP contribution < -0.4 is 14.8 Å². The van der Waals surface area contributed by atoms with E-state index >= 15 is 0 Å². The molecule has 222 valence electrons. The van der Waals surface area contributed by atoms with E-state index < -0.39 is 27.5 Å². The second-order valence-corrected chi connectivity index (χ2v) is 15.1. The molecule has 0 radical (unpaired) electrons. The van der Waals surface area contributed by atoms with Crippen molar-refractivity contribution in [2.45, 2.75) is 73.9 Å². The molecule has 3 saturated heterocycles. The molecule has 8 nitrogen and oxygen atoms in total. The number of anilines is 1. The fourth-order valence-electron chi connectivity index (χ4n) is 9.15. The molecule has 2 aromatic carbocycles. The molecular weight excluding hydrogens is 562 g/mol. The number of hydrogen-bond acceptors (Lipinski definition) is 6. The van der Waals surface area contributed by atoms with Crippen LogP contribution in [0, 0.1) is 11.3 Å². The highest BCUT2D eigenvalue weighted by molar-refractivity contribution is 8.04. The Bertz CT molecular complexity index is 1700. The topological polar surface area (TPSA) is 88.2 Å². The van der Waals surface area contributed by atoms with Gasteiger partial charge in [-0.15, -0.1) is 0 Å². The molecular formula is C34H35N3O5S. The van der Waals surface area contributed by atoms with E-state index in [0.29, 0.717) is 47.9 Å². The van der Waals surface area contributed by atoms with E-state index in [1.165, 1.54) is 11.8 Å². The van der Waals surface area contributed by atoms with Crippen LogP contribution in [0.25, 0.3) is 0 Å². The zero-order valence-electron chi connectivity index (χ0n) is 25.0. The minimum Gasteiger partial charge on any atom is -0.480 e. The molecule has 1 aliphatic carbocycles. The lowest BCUT2D eigenvalue weighted by Gasteiger charge is -2.66. The van der Waals surface area contributed by atoms with Crippen molar-refractivity contribution in [2.24, 2.45) is 11.3 Å². The number of hydrogen-bond donors (Lipinski definition) is 1. The number of piperidine rings is 2. The van der Waals surface area contributed by atoms with Crippen LogP contribution >= 0.6 is 11.8 Å². The molecule has 0 unspecified atom stereocenters. The number of rotatable bonds is 2. The minimum absolute atomic E-state index is 0.00464. The molecule has 43 heavy (non-hydrogen) atoms. The number of ether oxygens (including phenoxy) is 2. The lowest BCUT2D eigenvalue weighted by Crippen LogP contribution is -2.81. The van der Waals surface area contributed by atoms with Crippen molar-refractivity contribution in [3.05, 3.63) is 71.3 Å². The van der Waals surface area contributed by atoms with E-state index in [0.717, 1.165) is 10.5 Å². The fourth-order valence-corrected chi connectivity index (χ4v) is 10.1. The third-order valence-electron chi connectivity index (χ3n) is 11.3. The highest BCUT2D eigenvalue weighted by Gasteiger charge is 2.79. The van der Waals surface area contributed by atoms with Crippen molar-refractivity contribution in [3.63, 3.8) is 0 Å². The van der Waals surface area contributed by atoms with Gasteiger partial charge in [-0.1, -0.05) is 56.0 Å². The van der Waals surface area contributed by atoms with Gasteiger partial charge in [-0.25, -0.2) is 0 Å². The summed E-state index contributed by atoms with van der Waals surface area (Å²) in [6, 6.07) is 13.7. The lowest BCUT2D eigenvalue weighted by atomic mass is 9.56. The first-order valence-electron chi connectivity index (χ1n) is 14.9. The molecule has 3 amide bonds. The van der Waals surface area contributed by atoms with E-state index in [2.05, 4.69) is 19.2 Å². The second-order valence-electron chi connectivity index (χ2n) is 14.0. The monoisotopic (exact) mass is 597 g/mol. The molecule has 6 aliphatic heterocycles. The van der Waals surface area contributed by atoms with E-state index in [-0.39, 0.29) is 23.6 Å². The van der Waals surface area contributed by atoms with Crippen LogP contribution in [0.5, 0.6) is 11.5 Å². The Morgan fingerprint density at radius 1 is 1.02 bits per heavy atom. The van der Waals surface area contributed by atoms with Crippen molar-refractivity contribution in [3.8, 4) is 11.5 Å². The Labute approximate surface area is 255 Å². The number of fused-ring (bicyclic) bond motifs is 5. The Balaban J connectivity index is 1.23. The quantitative estimate of drug-likeness (QED) is 0.509. The highest BCUT2D eigenvalue weighted by atomic mass is 32.2. The standard InChI is InChI=1S/C34H35N3O5S/c1-30(2)15-16-41-26-22(42-30)12-11-21-25(26)35-28(39)34(21)18-33-19-37-27(38)23(43-20-9-7-6-8-10-20)13-14-32(37,29(40)36(33)5)17-24(33)31(34,3)4/h6-13,15-16,24H,14,17-19H2,1-5H3,(H,35,39)/t24-,32-,33+,34+/m0/s1. The zero-order chi connectivity index (χ0) is 30.2. The van der Waals surface area contributed by atoms with E-state index in [1.807, 2.05) is 85.3 Å². The summed E-state index contributed by atoms with van der Waals surface area (Å²) in [4.78, 5) is 48.2. The third-order valence-corrected chi connectivity index (χ3v) is 12.4. The summed E-state index contributed by atoms with van der Waals surface area (Å²) in [6.07, 6.45) is 6.85. The molecule has 9 rings (SSSR count). The smallest absolute Gasteiger partial charge is 0.261 e. The summed E-state index contributed by atoms with van der Waals surface area (Å²) >= 11 is 1.45. The number of thioether (sulfide) groups is 1. The molecule has 7 aliphatic rings. The number of carbonyl (C=O) groups excluding carboxylic acids is 3. The Morgan fingerprint density at radius 2 is 1.79 bits per heavy atom. The van der Waals surface area contributed by atoms with Crippen LogP contribution in [0.4, 0.5) is 5.69 Å². The summed E-state index contributed by atoms with van der Waals surface area (Å²) in [6.45, 7) is 8.66. The van der Waals surface area contributed by atoms with Gasteiger partial charge in [0.25, 0.3) is 5.91 Å². The minimum atomic E-state index is -0.944. The van der Waals surface area contributed by atoms with Crippen molar-refractivity contribution in [1.29, 1.82) is 0 Å². The molecule has 9 heteroatoms. The van der Waals surface area contributed by atoms with Gasteiger partial charge in [0.05, 0.1) is 27.8 Å². The first-order valence-corrected chi connectivity index (χ1v) is 15.7. The number of piperazine rings is 1. The molecule has 1 saturated carbocycles. The molecule has 4 atom stereocenters. The zero-order valence-corrected chi connectivity index (χ0v) is 25.8.